The molecule has 0 spiro atoms. The van der Waals surface area contributed by atoms with Crippen LogP contribution in [0.5, 0.6) is 0 Å². The quantitative estimate of drug-likeness (QED) is 0.841. The van der Waals surface area contributed by atoms with Gasteiger partial charge in [0, 0.05) is 22.9 Å². The minimum atomic E-state index is -0.0219. The van der Waals surface area contributed by atoms with E-state index in [-0.39, 0.29) is 11.3 Å². The van der Waals surface area contributed by atoms with E-state index in [0.717, 1.165) is 3.79 Å². The fourth-order valence-electron chi connectivity index (χ4n) is 1.67. The molecule has 1 aliphatic rings. The van der Waals surface area contributed by atoms with E-state index < -0.39 is 0 Å². The molecule has 0 saturated heterocycles. The first-order valence-electron chi connectivity index (χ1n) is 6.23. The highest BCUT2D eigenvalue weighted by Crippen LogP contribution is 2.32. The van der Waals surface area contributed by atoms with Gasteiger partial charge in [-0.3, -0.25) is 4.79 Å². The summed E-state index contributed by atoms with van der Waals surface area (Å²) in [7, 11) is 0. The van der Waals surface area contributed by atoms with E-state index in [1.54, 1.807) is 11.3 Å². The van der Waals surface area contributed by atoms with Crippen LogP contribution in [0.15, 0.2) is 15.9 Å². The standard InChI is InChI=1S/C13H19BrN2OS/c1-13(2,10-5-6-11(14)18-10)8-16-12(17)7-15-9-3-4-9/h5-6,9,15H,3-4,7-8H2,1-2H3,(H,16,17). The Morgan fingerprint density at radius 2 is 2.22 bits per heavy atom. The number of rotatable bonds is 6. The highest BCUT2D eigenvalue weighted by Gasteiger charge is 2.24. The Hall–Kier alpha value is -0.390. The third kappa shape index (κ3) is 4.07. The van der Waals surface area contributed by atoms with Crippen LogP contribution in [0.25, 0.3) is 0 Å². The number of hydrogen-bond acceptors (Lipinski definition) is 3. The van der Waals surface area contributed by atoms with Crippen LogP contribution in [0.3, 0.4) is 0 Å². The van der Waals surface area contributed by atoms with Crippen molar-refractivity contribution in [1.82, 2.24) is 10.6 Å². The molecule has 1 heterocycles. The second-order valence-corrected chi connectivity index (χ2v) is 7.88. The molecule has 2 N–H and O–H groups in total. The van der Waals surface area contributed by atoms with Crippen LogP contribution in [0.2, 0.25) is 0 Å². The highest BCUT2D eigenvalue weighted by atomic mass is 79.9. The van der Waals surface area contributed by atoms with Gasteiger partial charge in [-0.2, -0.15) is 0 Å². The maximum absolute atomic E-state index is 11.7. The normalized spacial score (nSPS) is 15.7. The smallest absolute Gasteiger partial charge is 0.233 e. The summed E-state index contributed by atoms with van der Waals surface area (Å²) in [6, 6.07) is 4.75. The Labute approximate surface area is 120 Å². The van der Waals surface area contributed by atoms with Gasteiger partial charge in [-0.1, -0.05) is 13.8 Å². The average molecular weight is 331 g/mol. The van der Waals surface area contributed by atoms with Gasteiger partial charge in [0.2, 0.25) is 5.91 Å². The van der Waals surface area contributed by atoms with Crippen LogP contribution in [-0.4, -0.2) is 25.0 Å². The average Bonchev–Trinajstić information content (AvgIpc) is 3.04. The lowest BCUT2D eigenvalue weighted by Crippen LogP contribution is -2.41. The maximum atomic E-state index is 11.7. The van der Waals surface area contributed by atoms with E-state index in [2.05, 4.69) is 52.5 Å². The van der Waals surface area contributed by atoms with Gasteiger partial charge in [-0.05, 0) is 40.9 Å². The van der Waals surface area contributed by atoms with E-state index in [4.69, 9.17) is 0 Å². The van der Waals surface area contributed by atoms with Crippen molar-refractivity contribution < 1.29 is 4.79 Å². The Kier molecular flexibility index (Phi) is 4.45. The van der Waals surface area contributed by atoms with Crippen LogP contribution in [0, 0.1) is 0 Å². The number of carbonyl (C=O) groups is 1. The Balaban J connectivity index is 1.78. The molecule has 1 saturated carbocycles. The lowest BCUT2D eigenvalue weighted by molar-refractivity contribution is -0.120. The number of halogens is 1. The molecule has 0 unspecified atom stereocenters. The molecule has 0 bridgehead atoms. The van der Waals surface area contributed by atoms with Crippen molar-refractivity contribution in [2.45, 2.75) is 38.1 Å². The minimum absolute atomic E-state index is 0.0219. The Bertz CT molecular complexity index is 426. The van der Waals surface area contributed by atoms with Gasteiger partial charge in [-0.15, -0.1) is 11.3 Å². The van der Waals surface area contributed by atoms with Crippen LogP contribution in [0.1, 0.15) is 31.6 Å². The molecule has 100 valence electrons. The highest BCUT2D eigenvalue weighted by molar-refractivity contribution is 9.11. The molecule has 1 aromatic rings. The zero-order valence-electron chi connectivity index (χ0n) is 10.8. The number of carbonyl (C=O) groups excluding carboxylic acids is 1. The Morgan fingerprint density at radius 3 is 2.78 bits per heavy atom. The van der Waals surface area contributed by atoms with Crippen molar-refractivity contribution in [3.8, 4) is 0 Å². The van der Waals surface area contributed by atoms with Crippen LogP contribution >= 0.6 is 27.3 Å². The van der Waals surface area contributed by atoms with Crippen LogP contribution in [-0.2, 0) is 10.2 Å². The third-order valence-electron chi connectivity index (χ3n) is 3.10. The van der Waals surface area contributed by atoms with E-state index in [0.29, 0.717) is 19.1 Å². The number of thiophene rings is 1. The summed E-state index contributed by atoms with van der Waals surface area (Å²) >= 11 is 5.20. The van der Waals surface area contributed by atoms with Crippen molar-refractivity contribution >= 4 is 33.2 Å². The van der Waals surface area contributed by atoms with Crippen LogP contribution < -0.4 is 10.6 Å². The molecule has 0 radical (unpaired) electrons. The Morgan fingerprint density at radius 1 is 1.50 bits per heavy atom. The second-order valence-electron chi connectivity index (χ2n) is 5.42. The number of hydrogen-bond donors (Lipinski definition) is 2. The first-order chi connectivity index (χ1) is 8.47. The van der Waals surface area contributed by atoms with Gasteiger partial charge >= 0.3 is 0 Å². The first kappa shape index (κ1) is 14.0. The topological polar surface area (TPSA) is 41.1 Å². The summed E-state index contributed by atoms with van der Waals surface area (Å²) in [4.78, 5) is 13.0. The summed E-state index contributed by atoms with van der Waals surface area (Å²) in [5.74, 6) is 0.0885. The summed E-state index contributed by atoms with van der Waals surface area (Å²) in [6.45, 7) is 5.42. The van der Waals surface area contributed by atoms with Gasteiger partial charge < -0.3 is 10.6 Å². The monoisotopic (exact) mass is 330 g/mol. The number of amides is 1. The van der Waals surface area contributed by atoms with Gasteiger partial charge in [0.15, 0.2) is 0 Å². The molecule has 5 heteroatoms. The zero-order chi connectivity index (χ0) is 13.2. The molecular weight excluding hydrogens is 312 g/mol. The van der Waals surface area contributed by atoms with Crippen molar-refractivity contribution in [1.29, 1.82) is 0 Å². The first-order valence-corrected chi connectivity index (χ1v) is 7.84. The molecular formula is C13H19BrN2OS. The molecule has 1 aromatic heterocycles. The molecule has 1 fully saturated rings. The summed E-state index contributed by atoms with van der Waals surface area (Å²) in [6.07, 6.45) is 2.42. The molecule has 2 rings (SSSR count). The zero-order valence-corrected chi connectivity index (χ0v) is 13.2. The minimum Gasteiger partial charge on any atom is -0.354 e. The molecule has 0 aromatic carbocycles. The molecule has 0 aliphatic heterocycles. The van der Waals surface area contributed by atoms with Crippen molar-refractivity contribution in [3.05, 3.63) is 20.8 Å². The molecule has 18 heavy (non-hydrogen) atoms. The predicted octanol–water partition coefficient (Wildman–Crippen LogP) is 2.66. The van der Waals surface area contributed by atoms with Gasteiger partial charge in [0.05, 0.1) is 10.3 Å². The van der Waals surface area contributed by atoms with E-state index in [9.17, 15) is 4.79 Å². The van der Waals surface area contributed by atoms with E-state index in [1.807, 2.05) is 0 Å². The summed E-state index contributed by atoms with van der Waals surface area (Å²) in [5.41, 5.74) is -0.0219. The summed E-state index contributed by atoms with van der Waals surface area (Å²) in [5, 5.41) is 6.22. The van der Waals surface area contributed by atoms with Gasteiger partial charge in [-0.25, -0.2) is 0 Å². The van der Waals surface area contributed by atoms with Gasteiger partial charge in [0.25, 0.3) is 0 Å². The van der Waals surface area contributed by atoms with Crippen molar-refractivity contribution in [2.75, 3.05) is 13.1 Å². The lowest BCUT2D eigenvalue weighted by Gasteiger charge is -2.23. The maximum Gasteiger partial charge on any atom is 0.233 e. The molecule has 0 atom stereocenters. The van der Waals surface area contributed by atoms with Gasteiger partial charge in [0.1, 0.15) is 0 Å². The third-order valence-corrected chi connectivity index (χ3v) is 5.09. The van der Waals surface area contributed by atoms with Crippen molar-refractivity contribution in [3.63, 3.8) is 0 Å². The van der Waals surface area contributed by atoms with Crippen LogP contribution in [0.4, 0.5) is 0 Å². The largest absolute Gasteiger partial charge is 0.354 e. The van der Waals surface area contributed by atoms with E-state index >= 15 is 0 Å². The molecule has 1 amide bonds. The number of nitrogens with one attached hydrogen (secondary N) is 2. The fraction of sp³-hybridized carbons (Fsp3) is 0.615. The fourth-order valence-corrected chi connectivity index (χ4v) is 3.16. The lowest BCUT2D eigenvalue weighted by atomic mass is 9.91. The van der Waals surface area contributed by atoms with Crippen molar-refractivity contribution in [2.24, 2.45) is 0 Å². The predicted molar refractivity (Wildman–Crippen MR) is 79.1 cm³/mol. The SMILES string of the molecule is CC(C)(CNC(=O)CNC1CC1)c1ccc(Br)s1. The molecule has 1 aliphatic carbocycles. The second kappa shape index (κ2) is 5.72. The van der Waals surface area contributed by atoms with E-state index in [1.165, 1.54) is 17.7 Å². The summed E-state index contributed by atoms with van der Waals surface area (Å²) < 4.78 is 1.13. The molecule has 3 nitrogen and oxygen atoms in total.